The zero-order valence-electron chi connectivity index (χ0n) is 14.4. The van der Waals surface area contributed by atoms with Crippen LogP contribution in [0, 0.1) is 0 Å². The molecule has 1 atom stereocenters. The average molecular weight is 489 g/mol. The van der Waals surface area contributed by atoms with E-state index in [2.05, 4.69) is 20.5 Å². The van der Waals surface area contributed by atoms with Gasteiger partial charge in [0.25, 0.3) is 0 Å². The Morgan fingerprint density at radius 1 is 1.21 bits per heavy atom. The fraction of sp³-hybridized carbons (Fsp3) is 0.562. The predicted octanol–water partition coefficient (Wildman–Crippen LogP) is 3.15. The number of aliphatic imine (C=N–C) groups is 1. The molecule has 5 nitrogen and oxygen atoms in total. The van der Waals surface area contributed by atoms with Gasteiger partial charge < -0.3 is 20.6 Å². The first-order valence-corrected chi connectivity index (χ1v) is 8.49. The molecule has 1 aromatic carbocycles. The summed E-state index contributed by atoms with van der Waals surface area (Å²) in [7, 11) is 4.09. The Morgan fingerprint density at radius 3 is 2.38 bits per heavy atom. The molecular formula is C16H27Cl2IN4O. The SMILES string of the molecule is CCNC(=NCC(O)c1cc(Cl)cc(Cl)c1)NCCCN(C)C.I. The van der Waals surface area contributed by atoms with Gasteiger partial charge >= 0.3 is 0 Å². The first kappa shape index (κ1) is 23.7. The third-order valence-electron chi connectivity index (χ3n) is 3.11. The maximum absolute atomic E-state index is 10.2. The van der Waals surface area contributed by atoms with Gasteiger partial charge in [-0.2, -0.15) is 0 Å². The van der Waals surface area contributed by atoms with E-state index >= 15 is 0 Å². The van der Waals surface area contributed by atoms with Crippen molar-refractivity contribution in [1.29, 1.82) is 0 Å². The molecule has 0 saturated carbocycles. The van der Waals surface area contributed by atoms with E-state index in [1.54, 1.807) is 18.2 Å². The molecule has 0 aliphatic heterocycles. The Balaban J connectivity index is 0.00000529. The van der Waals surface area contributed by atoms with Crippen molar-refractivity contribution in [3.63, 3.8) is 0 Å². The smallest absolute Gasteiger partial charge is 0.191 e. The van der Waals surface area contributed by atoms with E-state index in [1.807, 2.05) is 21.0 Å². The van der Waals surface area contributed by atoms with E-state index in [1.165, 1.54) is 0 Å². The van der Waals surface area contributed by atoms with Gasteiger partial charge in [-0.05, 0) is 57.7 Å². The van der Waals surface area contributed by atoms with Gasteiger partial charge in [0.05, 0.1) is 12.6 Å². The number of nitrogens with one attached hydrogen (secondary N) is 2. The summed E-state index contributed by atoms with van der Waals surface area (Å²) in [6.45, 7) is 4.83. The van der Waals surface area contributed by atoms with E-state index in [0.29, 0.717) is 21.6 Å². The first-order valence-electron chi connectivity index (χ1n) is 7.73. The van der Waals surface area contributed by atoms with Crippen molar-refractivity contribution in [2.24, 2.45) is 4.99 Å². The first-order chi connectivity index (χ1) is 10.9. The van der Waals surface area contributed by atoms with Crippen molar-refractivity contribution < 1.29 is 5.11 Å². The van der Waals surface area contributed by atoms with Crippen LogP contribution in [0.25, 0.3) is 0 Å². The Hall–Kier alpha value is -0.280. The summed E-state index contributed by atoms with van der Waals surface area (Å²) in [6, 6.07) is 5.04. The van der Waals surface area contributed by atoms with Crippen LogP contribution in [0.15, 0.2) is 23.2 Å². The number of rotatable bonds is 8. The van der Waals surface area contributed by atoms with Gasteiger partial charge in [0.15, 0.2) is 5.96 Å². The summed E-state index contributed by atoms with van der Waals surface area (Å²) >= 11 is 11.9. The molecule has 0 aliphatic carbocycles. The van der Waals surface area contributed by atoms with Crippen molar-refractivity contribution in [1.82, 2.24) is 15.5 Å². The van der Waals surface area contributed by atoms with Gasteiger partial charge in [-0.15, -0.1) is 24.0 Å². The van der Waals surface area contributed by atoms with Crippen LogP contribution in [0.4, 0.5) is 0 Å². The molecule has 0 radical (unpaired) electrons. The molecule has 0 bridgehead atoms. The summed E-state index contributed by atoms with van der Waals surface area (Å²) < 4.78 is 0. The van der Waals surface area contributed by atoms with Crippen molar-refractivity contribution in [3.05, 3.63) is 33.8 Å². The molecule has 0 aliphatic rings. The van der Waals surface area contributed by atoms with Gasteiger partial charge in [-0.1, -0.05) is 23.2 Å². The fourth-order valence-corrected chi connectivity index (χ4v) is 2.54. The van der Waals surface area contributed by atoms with E-state index < -0.39 is 6.10 Å². The van der Waals surface area contributed by atoms with Crippen LogP contribution in [0.2, 0.25) is 10.0 Å². The summed E-state index contributed by atoms with van der Waals surface area (Å²) in [5.74, 6) is 0.693. The molecule has 1 aromatic rings. The second kappa shape index (κ2) is 13.0. The number of hydrogen-bond donors (Lipinski definition) is 3. The van der Waals surface area contributed by atoms with Crippen molar-refractivity contribution in [3.8, 4) is 0 Å². The zero-order chi connectivity index (χ0) is 17.2. The summed E-state index contributed by atoms with van der Waals surface area (Å²) in [6.07, 6.45) is 0.271. The van der Waals surface area contributed by atoms with E-state index in [9.17, 15) is 5.11 Å². The number of guanidine groups is 1. The quantitative estimate of drug-likeness (QED) is 0.228. The Labute approximate surface area is 171 Å². The molecule has 3 N–H and O–H groups in total. The van der Waals surface area contributed by atoms with Crippen molar-refractivity contribution in [2.45, 2.75) is 19.4 Å². The zero-order valence-corrected chi connectivity index (χ0v) is 18.2. The lowest BCUT2D eigenvalue weighted by molar-refractivity contribution is 0.187. The minimum atomic E-state index is -0.747. The molecule has 0 spiro atoms. The number of hydrogen-bond acceptors (Lipinski definition) is 3. The number of aliphatic hydroxyl groups is 1. The highest BCUT2D eigenvalue weighted by atomic mass is 127. The largest absolute Gasteiger partial charge is 0.386 e. The third kappa shape index (κ3) is 9.88. The average Bonchev–Trinajstić information content (AvgIpc) is 2.47. The molecule has 0 aromatic heterocycles. The molecule has 8 heteroatoms. The minimum Gasteiger partial charge on any atom is -0.386 e. The Bertz CT molecular complexity index is 495. The topological polar surface area (TPSA) is 59.9 Å². The monoisotopic (exact) mass is 488 g/mol. The van der Waals surface area contributed by atoms with Gasteiger partial charge in [0, 0.05) is 23.1 Å². The molecule has 0 amide bonds. The molecule has 0 heterocycles. The van der Waals surface area contributed by atoms with Gasteiger partial charge in [0.2, 0.25) is 0 Å². The normalized spacial score (nSPS) is 12.7. The number of aliphatic hydroxyl groups excluding tert-OH is 1. The molecule has 1 unspecified atom stereocenters. The maximum Gasteiger partial charge on any atom is 0.191 e. The Kier molecular flexibility index (Phi) is 12.8. The Morgan fingerprint density at radius 2 is 1.83 bits per heavy atom. The molecule has 1 rings (SSSR count). The third-order valence-corrected chi connectivity index (χ3v) is 3.55. The summed E-state index contributed by atoms with van der Waals surface area (Å²) in [4.78, 5) is 6.55. The van der Waals surface area contributed by atoms with Crippen LogP contribution < -0.4 is 10.6 Å². The van der Waals surface area contributed by atoms with Gasteiger partial charge in [-0.3, -0.25) is 4.99 Å². The lowest BCUT2D eigenvalue weighted by Crippen LogP contribution is -2.38. The molecule has 138 valence electrons. The van der Waals surface area contributed by atoms with E-state index in [0.717, 1.165) is 26.1 Å². The number of benzene rings is 1. The predicted molar refractivity (Wildman–Crippen MR) is 114 cm³/mol. The van der Waals surface area contributed by atoms with E-state index in [-0.39, 0.29) is 30.5 Å². The second-order valence-electron chi connectivity index (χ2n) is 5.52. The van der Waals surface area contributed by atoms with Crippen LogP contribution in [0.1, 0.15) is 25.0 Å². The molecule has 0 fully saturated rings. The summed E-state index contributed by atoms with van der Waals surface area (Å²) in [5, 5.41) is 17.7. The van der Waals surface area contributed by atoms with E-state index in [4.69, 9.17) is 23.2 Å². The molecular weight excluding hydrogens is 462 g/mol. The highest BCUT2D eigenvalue weighted by Crippen LogP contribution is 2.23. The van der Waals surface area contributed by atoms with Crippen LogP contribution in [-0.4, -0.2) is 56.2 Å². The summed E-state index contributed by atoms with van der Waals surface area (Å²) in [5.41, 5.74) is 0.662. The van der Waals surface area contributed by atoms with Crippen molar-refractivity contribution >= 4 is 53.1 Å². The van der Waals surface area contributed by atoms with Crippen molar-refractivity contribution in [2.75, 3.05) is 40.3 Å². The molecule has 0 saturated heterocycles. The van der Waals surface area contributed by atoms with Crippen LogP contribution in [0.3, 0.4) is 0 Å². The highest BCUT2D eigenvalue weighted by molar-refractivity contribution is 14.0. The number of nitrogens with zero attached hydrogens (tertiary/aromatic N) is 2. The van der Waals surface area contributed by atoms with Crippen LogP contribution in [-0.2, 0) is 0 Å². The highest BCUT2D eigenvalue weighted by Gasteiger charge is 2.09. The second-order valence-corrected chi connectivity index (χ2v) is 6.39. The van der Waals surface area contributed by atoms with Gasteiger partial charge in [0.1, 0.15) is 0 Å². The van der Waals surface area contributed by atoms with Crippen LogP contribution in [0.5, 0.6) is 0 Å². The maximum atomic E-state index is 10.2. The standard InChI is InChI=1S/C16H26Cl2N4O.HI/c1-4-19-16(20-6-5-7-22(2)3)21-11-15(23)12-8-13(17)10-14(18)9-12;/h8-10,15,23H,4-7,11H2,1-3H3,(H2,19,20,21);1H. The van der Waals surface area contributed by atoms with Crippen LogP contribution >= 0.6 is 47.2 Å². The number of halogens is 3. The lowest BCUT2D eigenvalue weighted by atomic mass is 10.1. The minimum absolute atomic E-state index is 0. The molecule has 24 heavy (non-hydrogen) atoms. The van der Waals surface area contributed by atoms with Gasteiger partial charge in [-0.25, -0.2) is 0 Å². The lowest BCUT2D eigenvalue weighted by Gasteiger charge is -2.15. The fourth-order valence-electron chi connectivity index (χ4n) is 1.99.